The second kappa shape index (κ2) is 3.19. The summed E-state index contributed by atoms with van der Waals surface area (Å²) in [6.07, 6.45) is -0.635. The third kappa shape index (κ3) is 1.56. The second-order valence-corrected chi connectivity index (χ2v) is 3.25. The summed E-state index contributed by atoms with van der Waals surface area (Å²) in [5, 5.41) is 13.5. The molecule has 65 valence electrons. The SMILES string of the molecule is CC([O])c1ccc2ccccc2c1. The van der Waals surface area contributed by atoms with Crippen LogP contribution in [-0.4, -0.2) is 0 Å². The Hall–Kier alpha value is -1.34. The molecule has 2 rings (SSSR count). The van der Waals surface area contributed by atoms with E-state index in [4.69, 9.17) is 0 Å². The molecule has 1 radical (unpaired) electrons. The van der Waals surface area contributed by atoms with Gasteiger partial charge in [0.2, 0.25) is 0 Å². The number of rotatable bonds is 1. The van der Waals surface area contributed by atoms with Crippen LogP contribution >= 0.6 is 0 Å². The van der Waals surface area contributed by atoms with Crippen molar-refractivity contribution in [1.29, 1.82) is 0 Å². The van der Waals surface area contributed by atoms with Crippen LogP contribution in [0, 0.1) is 0 Å². The number of hydrogen-bond donors (Lipinski definition) is 0. The van der Waals surface area contributed by atoms with Crippen molar-refractivity contribution in [3.8, 4) is 0 Å². The van der Waals surface area contributed by atoms with Gasteiger partial charge in [0.15, 0.2) is 0 Å². The summed E-state index contributed by atoms with van der Waals surface area (Å²) in [6, 6.07) is 13.9. The molecular weight excluding hydrogens is 160 g/mol. The van der Waals surface area contributed by atoms with Gasteiger partial charge in [-0.05, 0) is 29.3 Å². The second-order valence-electron chi connectivity index (χ2n) is 3.25. The van der Waals surface area contributed by atoms with Crippen molar-refractivity contribution >= 4 is 10.8 Å². The highest BCUT2D eigenvalue weighted by molar-refractivity contribution is 5.83. The molecule has 1 unspecified atom stereocenters. The zero-order chi connectivity index (χ0) is 9.26. The average Bonchev–Trinajstić information content (AvgIpc) is 2.17. The molecule has 0 N–H and O–H groups in total. The van der Waals surface area contributed by atoms with Gasteiger partial charge in [0.05, 0.1) is 0 Å². The Bertz CT molecular complexity index is 418. The topological polar surface area (TPSA) is 19.9 Å². The maximum absolute atomic E-state index is 11.2. The van der Waals surface area contributed by atoms with E-state index < -0.39 is 6.10 Å². The molecule has 0 saturated carbocycles. The molecular formula is C12H11O. The van der Waals surface area contributed by atoms with Crippen LogP contribution in [0.1, 0.15) is 18.6 Å². The van der Waals surface area contributed by atoms with Crippen LogP contribution < -0.4 is 0 Å². The zero-order valence-electron chi connectivity index (χ0n) is 7.53. The minimum Gasteiger partial charge on any atom is -0.228 e. The highest BCUT2D eigenvalue weighted by Crippen LogP contribution is 2.19. The number of hydrogen-bond acceptors (Lipinski definition) is 0. The first kappa shape index (κ1) is 8.27. The Balaban J connectivity index is 2.62. The fraction of sp³-hybridized carbons (Fsp3) is 0.167. The number of fused-ring (bicyclic) bond motifs is 1. The van der Waals surface area contributed by atoms with Gasteiger partial charge in [-0.25, -0.2) is 5.11 Å². The molecule has 1 atom stereocenters. The molecule has 0 saturated heterocycles. The highest BCUT2D eigenvalue weighted by atomic mass is 16.3. The van der Waals surface area contributed by atoms with Gasteiger partial charge in [0.25, 0.3) is 0 Å². The van der Waals surface area contributed by atoms with Crippen molar-refractivity contribution in [2.75, 3.05) is 0 Å². The van der Waals surface area contributed by atoms with Crippen LogP contribution in [0.5, 0.6) is 0 Å². The maximum atomic E-state index is 11.2. The van der Waals surface area contributed by atoms with Crippen molar-refractivity contribution < 1.29 is 5.11 Å². The fourth-order valence-electron chi connectivity index (χ4n) is 1.46. The normalized spacial score (nSPS) is 13.1. The van der Waals surface area contributed by atoms with Gasteiger partial charge in [-0.15, -0.1) is 0 Å². The third-order valence-corrected chi connectivity index (χ3v) is 2.24. The monoisotopic (exact) mass is 171 g/mol. The minimum absolute atomic E-state index is 0.635. The summed E-state index contributed by atoms with van der Waals surface area (Å²) in [4.78, 5) is 0. The molecule has 0 aliphatic rings. The molecule has 0 aliphatic heterocycles. The quantitative estimate of drug-likeness (QED) is 0.627. The summed E-state index contributed by atoms with van der Waals surface area (Å²) in [6.45, 7) is 1.67. The smallest absolute Gasteiger partial charge is 0.115 e. The average molecular weight is 171 g/mol. The molecule has 1 nitrogen and oxygen atoms in total. The molecule has 0 aromatic heterocycles. The van der Waals surface area contributed by atoms with Crippen LogP contribution in [-0.2, 0) is 5.11 Å². The van der Waals surface area contributed by atoms with Crippen LogP contribution in [0.3, 0.4) is 0 Å². The Labute approximate surface area is 77.6 Å². The van der Waals surface area contributed by atoms with E-state index in [1.165, 1.54) is 5.39 Å². The summed E-state index contributed by atoms with van der Waals surface area (Å²) >= 11 is 0. The predicted molar refractivity (Wildman–Crippen MR) is 53.0 cm³/mol. The lowest BCUT2D eigenvalue weighted by molar-refractivity contribution is 0.106. The molecule has 0 spiro atoms. The van der Waals surface area contributed by atoms with E-state index in [0.717, 1.165) is 10.9 Å². The van der Waals surface area contributed by atoms with Gasteiger partial charge in [-0.1, -0.05) is 36.4 Å². The van der Waals surface area contributed by atoms with E-state index >= 15 is 0 Å². The van der Waals surface area contributed by atoms with E-state index in [0.29, 0.717) is 0 Å². The molecule has 13 heavy (non-hydrogen) atoms. The molecule has 2 aromatic carbocycles. The Morgan fingerprint density at radius 2 is 1.69 bits per heavy atom. The van der Waals surface area contributed by atoms with Gasteiger partial charge >= 0.3 is 0 Å². The lowest BCUT2D eigenvalue weighted by Crippen LogP contribution is -1.87. The van der Waals surface area contributed by atoms with Crippen molar-refractivity contribution in [1.82, 2.24) is 0 Å². The molecule has 0 heterocycles. The lowest BCUT2D eigenvalue weighted by atomic mass is 10.0. The molecule has 2 aromatic rings. The molecule has 0 fully saturated rings. The Morgan fingerprint density at radius 3 is 2.38 bits per heavy atom. The van der Waals surface area contributed by atoms with Crippen molar-refractivity contribution in [2.24, 2.45) is 0 Å². The van der Waals surface area contributed by atoms with Crippen molar-refractivity contribution in [2.45, 2.75) is 13.0 Å². The Morgan fingerprint density at radius 1 is 1.00 bits per heavy atom. The van der Waals surface area contributed by atoms with Gasteiger partial charge in [-0.3, -0.25) is 0 Å². The van der Waals surface area contributed by atoms with Crippen LogP contribution in [0.25, 0.3) is 10.8 Å². The molecule has 0 bridgehead atoms. The van der Waals surface area contributed by atoms with Crippen LogP contribution in [0.15, 0.2) is 42.5 Å². The van der Waals surface area contributed by atoms with E-state index in [-0.39, 0.29) is 0 Å². The van der Waals surface area contributed by atoms with Crippen LogP contribution in [0.2, 0.25) is 0 Å². The largest absolute Gasteiger partial charge is 0.228 e. The summed E-state index contributed by atoms with van der Waals surface area (Å²) in [5.74, 6) is 0. The first-order chi connectivity index (χ1) is 6.27. The highest BCUT2D eigenvalue weighted by Gasteiger charge is 2.02. The lowest BCUT2D eigenvalue weighted by Gasteiger charge is -2.03. The van der Waals surface area contributed by atoms with Gasteiger partial charge < -0.3 is 0 Å². The van der Waals surface area contributed by atoms with E-state index in [9.17, 15) is 5.11 Å². The third-order valence-electron chi connectivity index (χ3n) is 2.24. The van der Waals surface area contributed by atoms with E-state index in [2.05, 4.69) is 6.07 Å². The van der Waals surface area contributed by atoms with Gasteiger partial charge in [0, 0.05) is 0 Å². The van der Waals surface area contributed by atoms with E-state index in [1.807, 2.05) is 36.4 Å². The fourth-order valence-corrected chi connectivity index (χ4v) is 1.46. The number of benzene rings is 2. The first-order valence-electron chi connectivity index (χ1n) is 4.42. The summed E-state index contributed by atoms with van der Waals surface area (Å²) in [5.41, 5.74) is 0.860. The summed E-state index contributed by atoms with van der Waals surface area (Å²) in [7, 11) is 0. The Kier molecular flexibility index (Phi) is 2.03. The standard InChI is InChI=1S/C12H11O/c1-9(13)11-7-6-10-4-2-3-5-12(10)8-11/h2-9H,1H3. The molecule has 0 amide bonds. The minimum atomic E-state index is -0.635. The maximum Gasteiger partial charge on any atom is 0.115 e. The van der Waals surface area contributed by atoms with Crippen molar-refractivity contribution in [3.05, 3.63) is 48.0 Å². The summed E-state index contributed by atoms with van der Waals surface area (Å²) < 4.78 is 0. The van der Waals surface area contributed by atoms with Crippen LogP contribution in [0.4, 0.5) is 0 Å². The van der Waals surface area contributed by atoms with Gasteiger partial charge in [-0.2, -0.15) is 0 Å². The molecule has 0 aliphatic carbocycles. The van der Waals surface area contributed by atoms with Crippen molar-refractivity contribution in [3.63, 3.8) is 0 Å². The first-order valence-corrected chi connectivity index (χ1v) is 4.42. The zero-order valence-corrected chi connectivity index (χ0v) is 7.53. The predicted octanol–water partition coefficient (Wildman–Crippen LogP) is 3.33. The van der Waals surface area contributed by atoms with E-state index in [1.54, 1.807) is 6.92 Å². The van der Waals surface area contributed by atoms with Gasteiger partial charge in [0.1, 0.15) is 6.10 Å². The molecule has 1 heteroatoms.